The second kappa shape index (κ2) is 5.90. The molecule has 0 amide bonds. The van der Waals surface area contributed by atoms with Crippen LogP contribution in [-0.4, -0.2) is 16.5 Å². The Morgan fingerprint density at radius 3 is 2.67 bits per heavy atom. The van der Waals surface area contributed by atoms with Crippen molar-refractivity contribution in [3.05, 3.63) is 10.8 Å². The molecule has 84 valence electrons. The molecular weight excluding hydrogens is 256 g/mol. The standard InChI is InChI=1S/C10H17BrN4/c1-3-7(4-2)5-13-10-8(11)9(12)14-6-15-10/h6-7H,3-5H2,1-2H3,(H3,12,13,14,15). The van der Waals surface area contributed by atoms with E-state index in [1.807, 2.05) is 0 Å². The Bertz CT molecular complexity index is 312. The molecule has 0 aliphatic heterocycles. The second-order valence-electron chi connectivity index (χ2n) is 3.48. The van der Waals surface area contributed by atoms with E-state index in [1.165, 1.54) is 19.2 Å². The fraction of sp³-hybridized carbons (Fsp3) is 0.600. The van der Waals surface area contributed by atoms with Gasteiger partial charge in [0.2, 0.25) is 0 Å². The quantitative estimate of drug-likeness (QED) is 0.865. The van der Waals surface area contributed by atoms with Gasteiger partial charge in [0.05, 0.1) is 0 Å². The molecule has 0 saturated heterocycles. The molecule has 1 aromatic heterocycles. The Hall–Kier alpha value is -0.840. The first kappa shape index (κ1) is 12.2. The summed E-state index contributed by atoms with van der Waals surface area (Å²) in [5.41, 5.74) is 5.65. The van der Waals surface area contributed by atoms with Crippen molar-refractivity contribution in [1.82, 2.24) is 9.97 Å². The van der Waals surface area contributed by atoms with Gasteiger partial charge < -0.3 is 11.1 Å². The lowest BCUT2D eigenvalue weighted by molar-refractivity contribution is 0.518. The highest BCUT2D eigenvalue weighted by Crippen LogP contribution is 2.24. The molecule has 3 N–H and O–H groups in total. The van der Waals surface area contributed by atoms with Crippen molar-refractivity contribution in [3.63, 3.8) is 0 Å². The van der Waals surface area contributed by atoms with Crippen LogP contribution in [0.3, 0.4) is 0 Å². The Kier molecular flexibility index (Phi) is 4.81. The molecule has 1 rings (SSSR count). The SMILES string of the molecule is CCC(CC)CNc1ncnc(N)c1Br. The first-order valence-corrected chi connectivity index (χ1v) is 5.98. The van der Waals surface area contributed by atoms with E-state index >= 15 is 0 Å². The van der Waals surface area contributed by atoms with Crippen LogP contribution in [0, 0.1) is 5.92 Å². The highest BCUT2D eigenvalue weighted by molar-refractivity contribution is 9.10. The summed E-state index contributed by atoms with van der Waals surface area (Å²) in [5.74, 6) is 1.92. The molecule has 0 aromatic carbocycles. The summed E-state index contributed by atoms with van der Waals surface area (Å²) >= 11 is 3.36. The van der Waals surface area contributed by atoms with Crippen molar-refractivity contribution in [1.29, 1.82) is 0 Å². The van der Waals surface area contributed by atoms with Crippen molar-refractivity contribution in [2.45, 2.75) is 26.7 Å². The maximum Gasteiger partial charge on any atom is 0.145 e. The Balaban J connectivity index is 2.61. The summed E-state index contributed by atoms with van der Waals surface area (Å²) in [7, 11) is 0. The van der Waals surface area contributed by atoms with Crippen LogP contribution < -0.4 is 11.1 Å². The lowest BCUT2D eigenvalue weighted by Crippen LogP contribution is -2.14. The Morgan fingerprint density at radius 1 is 1.40 bits per heavy atom. The Labute approximate surface area is 98.8 Å². The van der Waals surface area contributed by atoms with E-state index in [0.717, 1.165) is 16.8 Å². The van der Waals surface area contributed by atoms with Crippen molar-refractivity contribution >= 4 is 27.6 Å². The molecular formula is C10H17BrN4. The molecule has 0 aliphatic carbocycles. The molecule has 0 aliphatic rings. The van der Waals surface area contributed by atoms with Gasteiger partial charge in [0, 0.05) is 6.54 Å². The summed E-state index contributed by atoms with van der Waals surface area (Å²) in [6.45, 7) is 5.31. The predicted molar refractivity (Wildman–Crippen MR) is 66.7 cm³/mol. The number of anilines is 2. The van der Waals surface area contributed by atoms with E-state index in [0.29, 0.717) is 11.7 Å². The summed E-state index contributed by atoms with van der Waals surface area (Å²) in [6, 6.07) is 0. The minimum Gasteiger partial charge on any atom is -0.383 e. The molecule has 0 bridgehead atoms. The van der Waals surface area contributed by atoms with E-state index in [2.05, 4.69) is 45.1 Å². The zero-order chi connectivity index (χ0) is 11.3. The summed E-state index contributed by atoms with van der Waals surface area (Å²) < 4.78 is 0.746. The number of hydrogen-bond donors (Lipinski definition) is 2. The van der Waals surface area contributed by atoms with E-state index < -0.39 is 0 Å². The molecule has 0 radical (unpaired) electrons. The highest BCUT2D eigenvalue weighted by Gasteiger charge is 2.07. The molecule has 1 heterocycles. The molecule has 0 fully saturated rings. The van der Waals surface area contributed by atoms with Crippen molar-refractivity contribution in [2.24, 2.45) is 5.92 Å². The average molecular weight is 273 g/mol. The third-order valence-electron chi connectivity index (χ3n) is 2.53. The van der Waals surface area contributed by atoms with E-state index in [9.17, 15) is 0 Å². The van der Waals surface area contributed by atoms with Crippen LogP contribution >= 0.6 is 15.9 Å². The van der Waals surface area contributed by atoms with Crippen LogP contribution in [0.1, 0.15) is 26.7 Å². The number of aromatic nitrogens is 2. The van der Waals surface area contributed by atoms with Gasteiger partial charge in [0.15, 0.2) is 0 Å². The monoisotopic (exact) mass is 272 g/mol. The van der Waals surface area contributed by atoms with E-state index in [1.54, 1.807) is 0 Å². The van der Waals surface area contributed by atoms with Crippen LogP contribution in [0.5, 0.6) is 0 Å². The van der Waals surface area contributed by atoms with Crippen LogP contribution in [-0.2, 0) is 0 Å². The van der Waals surface area contributed by atoms with Gasteiger partial charge in [-0.05, 0) is 21.8 Å². The molecule has 0 atom stereocenters. The molecule has 5 heteroatoms. The zero-order valence-electron chi connectivity index (χ0n) is 9.13. The molecule has 0 saturated carbocycles. The first-order valence-electron chi connectivity index (χ1n) is 5.18. The van der Waals surface area contributed by atoms with Gasteiger partial charge in [-0.1, -0.05) is 26.7 Å². The maximum absolute atomic E-state index is 5.65. The molecule has 0 unspecified atom stereocenters. The van der Waals surface area contributed by atoms with Gasteiger partial charge in [0.1, 0.15) is 22.4 Å². The number of nitrogens with one attached hydrogen (secondary N) is 1. The first-order chi connectivity index (χ1) is 7.19. The lowest BCUT2D eigenvalue weighted by atomic mass is 10.0. The zero-order valence-corrected chi connectivity index (χ0v) is 10.7. The van der Waals surface area contributed by atoms with Crippen LogP contribution in [0.25, 0.3) is 0 Å². The van der Waals surface area contributed by atoms with Crippen molar-refractivity contribution in [3.8, 4) is 0 Å². The minimum absolute atomic E-state index is 0.469. The topological polar surface area (TPSA) is 63.8 Å². The fourth-order valence-corrected chi connectivity index (χ4v) is 1.67. The maximum atomic E-state index is 5.65. The summed E-state index contributed by atoms with van der Waals surface area (Å²) in [5, 5.41) is 3.28. The molecule has 0 spiro atoms. The number of nitrogens with zero attached hydrogens (tertiary/aromatic N) is 2. The fourth-order valence-electron chi connectivity index (χ4n) is 1.33. The van der Waals surface area contributed by atoms with Crippen LogP contribution in [0.4, 0.5) is 11.6 Å². The third kappa shape index (κ3) is 3.34. The van der Waals surface area contributed by atoms with Gasteiger partial charge in [-0.3, -0.25) is 0 Å². The number of hydrogen-bond acceptors (Lipinski definition) is 4. The molecule has 15 heavy (non-hydrogen) atoms. The number of nitrogens with two attached hydrogens (primary N) is 1. The van der Waals surface area contributed by atoms with Crippen LogP contribution in [0.15, 0.2) is 10.8 Å². The highest BCUT2D eigenvalue weighted by atomic mass is 79.9. The van der Waals surface area contributed by atoms with Gasteiger partial charge in [-0.2, -0.15) is 0 Å². The predicted octanol–water partition coefficient (Wildman–Crippen LogP) is 2.67. The summed E-state index contributed by atoms with van der Waals surface area (Å²) in [4.78, 5) is 8.02. The van der Waals surface area contributed by atoms with E-state index in [4.69, 9.17) is 5.73 Å². The molecule has 4 nitrogen and oxygen atoms in total. The third-order valence-corrected chi connectivity index (χ3v) is 3.31. The minimum atomic E-state index is 0.469. The van der Waals surface area contributed by atoms with Gasteiger partial charge in [0.25, 0.3) is 0 Å². The van der Waals surface area contributed by atoms with Gasteiger partial charge in [-0.15, -0.1) is 0 Å². The average Bonchev–Trinajstić information content (AvgIpc) is 2.25. The van der Waals surface area contributed by atoms with Crippen molar-refractivity contribution < 1.29 is 0 Å². The van der Waals surface area contributed by atoms with E-state index in [-0.39, 0.29) is 0 Å². The number of halogens is 1. The second-order valence-corrected chi connectivity index (χ2v) is 4.28. The van der Waals surface area contributed by atoms with Crippen LogP contribution in [0.2, 0.25) is 0 Å². The smallest absolute Gasteiger partial charge is 0.145 e. The molecule has 1 aromatic rings. The van der Waals surface area contributed by atoms with Gasteiger partial charge in [-0.25, -0.2) is 9.97 Å². The number of rotatable bonds is 5. The normalized spacial score (nSPS) is 10.7. The van der Waals surface area contributed by atoms with Crippen molar-refractivity contribution in [2.75, 3.05) is 17.6 Å². The van der Waals surface area contributed by atoms with Gasteiger partial charge >= 0.3 is 0 Å². The largest absolute Gasteiger partial charge is 0.383 e. The Morgan fingerprint density at radius 2 is 2.07 bits per heavy atom. The summed E-state index contributed by atoms with van der Waals surface area (Å²) in [6.07, 6.45) is 3.80. The lowest BCUT2D eigenvalue weighted by Gasteiger charge is -2.14. The number of nitrogen functional groups attached to an aromatic ring is 1.